The lowest BCUT2D eigenvalue weighted by molar-refractivity contribution is -0.143. The molecule has 0 fully saturated rings. The first-order valence-corrected chi connectivity index (χ1v) is 11.5. The first-order valence-electron chi connectivity index (χ1n) is 9.76. The van der Waals surface area contributed by atoms with E-state index in [-0.39, 0.29) is 11.6 Å². The van der Waals surface area contributed by atoms with Crippen LogP contribution in [0.25, 0.3) is 23.2 Å². The second-order valence-electron chi connectivity index (χ2n) is 6.58. The first-order chi connectivity index (χ1) is 15.7. The first kappa shape index (κ1) is 21.6. The van der Waals surface area contributed by atoms with Crippen LogP contribution in [0.5, 0.6) is 0 Å². The van der Waals surface area contributed by atoms with Gasteiger partial charge in [-0.2, -0.15) is 4.68 Å². The van der Waals surface area contributed by atoms with Crippen molar-refractivity contribution < 1.29 is 14.3 Å². The van der Waals surface area contributed by atoms with E-state index in [0.717, 1.165) is 16.9 Å². The van der Waals surface area contributed by atoms with Crippen LogP contribution in [-0.2, 0) is 20.7 Å². The molecule has 0 saturated heterocycles. The SMILES string of the molecule is O=C(COC(=O)/C(=C/c1cccs1)n1nnnc1-c1ccccc1)NCCc1cccs1. The second-order valence-corrected chi connectivity index (χ2v) is 8.59. The van der Waals surface area contributed by atoms with E-state index in [0.29, 0.717) is 12.4 Å². The highest BCUT2D eigenvalue weighted by Crippen LogP contribution is 2.22. The van der Waals surface area contributed by atoms with Gasteiger partial charge in [-0.1, -0.05) is 42.5 Å². The third-order valence-corrected chi connectivity index (χ3v) is 6.12. The molecule has 8 nitrogen and oxygen atoms in total. The number of amides is 1. The van der Waals surface area contributed by atoms with E-state index in [4.69, 9.17) is 4.74 Å². The van der Waals surface area contributed by atoms with Crippen molar-refractivity contribution in [3.8, 4) is 11.4 Å². The predicted octanol–water partition coefficient (Wildman–Crippen LogP) is 3.36. The van der Waals surface area contributed by atoms with Crippen LogP contribution in [-0.4, -0.2) is 45.2 Å². The molecule has 0 spiro atoms. The molecule has 1 N–H and O–H groups in total. The number of ether oxygens (including phenoxy) is 1. The predicted molar refractivity (Wildman–Crippen MR) is 124 cm³/mol. The minimum absolute atomic E-state index is 0.114. The molecule has 4 rings (SSSR count). The highest BCUT2D eigenvalue weighted by molar-refractivity contribution is 7.11. The van der Waals surface area contributed by atoms with Crippen LogP contribution in [0.4, 0.5) is 0 Å². The zero-order valence-electron chi connectivity index (χ0n) is 16.9. The fourth-order valence-corrected chi connectivity index (χ4v) is 4.23. The Hall–Kier alpha value is -3.63. The summed E-state index contributed by atoms with van der Waals surface area (Å²) in [5.41, 5.74) is 0.858. The van der Waals surface area contributed by atoms with Crippen molar-refractivity contribution in [2.24, 2.45) is 0 Å². The molecule has 0 unspecified atom stereocenters. The van der Waals surface area contributed by atoms with Crippen molar-refractivity contribution in [3.63, 3.8) is 0 Å². The third kappa shape index (κ3) is 5.54. The molecular weight excluding hydrogens is 446 g/mol. The average molecular weight is 466 g/mol. The Kier molecular flexibility index (Phi) is 7.15. The molecule has 32 heavy (non-hydrogen) atoms. The Morgan fingerprint density at radius 1 is 1.03 bits per heavy atom. The van der Waals surface area contributed by atoms with E-state index < -0.39 is 12.6 Å². The Morgan fingerprint density at radius 2 is 1.84 bits per heavy atom. The monoisotopic (exact) mass is 465 g/mol. The fraction of sp³-hybridized carbons (Fsp3) is 0.136. The van der Waals surface area contributed by atoms with Gasteiger partial charge >= 0.3 is 5.97 Å². The van der Waals surface area contributed by atoms with Gasteiger partial charge in [0.05, 0.1) is 0 Å². The van der Waals surface area contributed by atoms with Gasteiger partial charge in [0, 0.05) is 21.9 Å². The molecule has 0 bridgehead atoms. The van der Waals surface area contributed by atoms with Crippen molar-refractivity contribution in [2.45, 2.75) is 6.42 Å². The Balaban J connectivity index is 1.46. The summed E-state index contributed by atoms with van der Waals surface area (Å²) in [6.07, 6.45) is 2.37. The summed E-state index contributed by atoms with van der Waals surface area (Å²) >= 11 is 3.09. The van der Waals surface area contributed by atoms with Crippen LogP contribution in [0.2, 0.25) is 0 Å². The summed E-state index contributed by atoms with van der Waals surface area (Å²) in [7, 11) is 0. The lowest BCUT2D eigenvalue weighted by atomic mass is 10.2. The average Bonchev–Trinajstić information content (AvgIpc) is 3.59. The van der Waals surface area contributed by atoms with Gasteiger partial charge in [-0.25, -0.2) is 4.79 Å². The molecule has 0 atom stereocenters. The third-order valence-electron chi connectivity index (χ3n) is 4.37. The number of aromatic nitrogens is 4. The smallest absolute Gasteiger partial charge is 0.357 e. The fourth-order valence-electron chi connectivity index (χ4n) is 2.87. The van der Waals surface area contributed by atoms with Gasteiger partial charge in [0.25, 0.3) is 5.91 Å². The van der Waals surface area contributed by atoms with Crippen LogP contribution < -0.4 is 5.32 Å². The molecule has 0 radical (unpaired) electrons. The van der Waals surface area contributed by atoms with Crippen LogP contribution in [0.1, 0.15) is 9.75 Å². The summed E-state index contributed by atoms with van der Waals surface area (Å²) < 4.78 is 6.61. The van der Waals surface area contributed by atoms with Gasteiger partial charge in [0.1, 0.15) is 0 Å². The maximum absolute atomic E-state index is 12.9. The number of hydrogen-bond acceptors (Lipinski definition) is 8. The van der Waals surface area contributed by atoms with Crippen molar-refractivity contribution in [1.29, 1.82) is 0 Å². The molecule has 0 aliphatic heterocycles. The van der Waals surface area contributed by atoms with Crippen molar-refractivity contribution >= 4 is 46.3 Å². The maximum Gasteiger partial charge on any atom is 0.357 e. The minimum Gasteiger partial charge on any atom is -0.451 e. The quantitative estimate of drug-likeness (QED) is 0.301. The van der Waals surface area contributed by atoms with Gasteiger partial charge < -0.3 is 10.1 Å². The molecule has 1 aromatic carbocycles. The molecule has 162 valence electrons. The van der Waals surface area contributed by atoms with Gasteiger partial charge in [-0.3, -0.25) is 4.79 Å². The van der Waals surface area contributed by atoms with E-state index in [9.17, 15) is 9.59 Å². The number of thiophene rings is 2. The molecular formula is C22H19N5O3S2. The number of benzene rings is 1. The van der Waals surface area contributed by atoms with E-state index in [1.54, 1.807) is 17.4 Å². The highest BCUT2D eigenvalue weighted by atomic mass is 32.1. The number of carbonyl (C=O) groups excluding carboxylic acids is 2. The zero-order valence-corrected chi connectivity index (χ0v) is 18.5. The molecule has 0 saturated carbocycles. The van der Waals surface area contributed by atoms with E-state index in [1.807, 2.05) is 65.4 Å². The molecule has 0 aliphatic carbocycles. The lowest BCUT2D eigenvalue weighted by Gasteiger charge is -2.10. The summed E-state index contributed by atoms with van der Waals surface area (Å²) in [5.74, 6) is -0.674. The van der Waals surface area contributed by atoms with Crippen molar-refractivity contribution in [3.05, 3.63) is 75.1 Å². The Morgan fingerprint density at radius 3 is 2.59 bits per heavy atom. The Labute approximate surface area is 192 Å². The number of tetrazole rings is 1. The number of carbonyl (C=O) groups is 2. The number of nitrogens with one attached hydrogen (secondary N) is 1. The van der Waals surface area contributed by atoms with E-state index >= 15 is 0 Å². The maximum atomic E-state index is 12.9. The molecule has 0 aliphatic rings. The Bertz CT molecular complexity index is 1190. The zero-order chi connectivity index (χ0) is 22.2. The highest BCUT2D eigenvalue weighted by Gasteiger charge is 2.21. The van der Waals surface area contributed by atoms with Crippen LogP contribution >= 0.6 is 22.7 Å². The second kappa shape index (κ2) is 10.6. The van der Waals surface area contributed by atoms with Gasteiger partial charge in [-0.05, 0) is 45.8 Å². The molecule has 3 heterocycles. The number of esters is 1. The topological polar surface area (TPSA) is 99.0 Å². The number of nitrogens with zero attached hydrogens (tertiary/aromatic N) is 4. The van der Waals surface area contributed by atoms with Crippen LogP contribution in [0.15, 0.2) is 65.4 Å². The number of hydrogen-bond donors (Lipinski definition) is 1. The lowest BCUT2D eigenvalue weighted by Crippen LogP contribution is -2.30. The standard InChI is InChI=1S/C22H19N5O3S2/c28-20(23-11-10-17-8-4-12-31-17)15-30-22(29)19(14-18-9-5-13-32-18)27-21(24-25-26-27)16-6-2-1-3-7-16/h1-9,12-14H,10-11,15H2,(H,23,28)/b19-14-. The van der Waals surface area contributed by atoms with Crippen molar-refractivity contribution in [2.75, 3.05) is 13.2 Å². The van der Waals surface area contributed by atoms with Gasteiger partial charge in [0.15, 0.2) is 18.1 Å². The molecule has 3 aromatic heterocycles. The van der Waals surface area contributed by atoms with Crippen molar-refractivity contribution in [1.82, 2.24) is 25.5 Å². The minimum atomic E-state index is -0.698. The largest absolute Gasteiger partial charge is 0.451 e. The van der Waals surface area contributed by atoms with E-state index in [2.05, 4.69) is 20.8 Å². The molecule has 10 heteroatoms. The number of rotatable bonds is 9. The summed E-state index contributed by atoms with van der Waals surface area (Å²) in [6.45, 7) is 0.0772. The molecule has 4 aromatic rings. The summed E-state index contributed by atoms with van der Waals surface area (Å²) in [5, 5.41) is 18.4. The van der Waals surface area contributed by atoms with Crippen LogP contribution in [0.3, 0.4) is 0 Å². The molecule has 1 amide bonds. The van der Waals surface area contributed by atoms with Crippen LogP contribution in [0, 0.1) is 0 Å². The summed E-state index contributed by atoms with van der Waals surface area (Å²) in [6, 6.07) is 17.0. The van der Waals surface area contributed by atoms with Gasteiger partial charge in [-0.15, -0.1) is 27.8 Å². The van der Waals surface area contributed by atoms with Gasteiger partial charge in [0.2, 0.25) is 0 Å². The normalized spacial score (nSPS) is 11.3. The van der Waals surface area contributed by atoms with E-state index in [1.165, 1.54) is 20.9 Å². The summed E-state index contributed by atoms with van der Waals surface area (Å²) in [4.78, 5) is 27.1.